The number of aromatic nitrogens is 2. The maximum absolute atomic E-state index is 13.3. The molecule has 0 atom stereocenters. The number of nitrogen functional groups attached to an aromatic ring is 1. The minimum Gasteiger partial charge on any atom is -0.435 e. The summed E-state index contributed by atoms with van der Waals surface area (Å²) in [5, 5.41) is 0. The minimum absolute atomic E-state index is 0.00452. The quantitative estimate of drug-likeness (QED) is 0.116. The average molecular weight is 656 g/mol. The van der Waals surface area contributed by atoms with Crippen LogP contribution in [0.3, 0.4) is 0 Å². The van der Waals surface area contributed by atoms with Crippen molar-refractivity contribution in [1.82, 2.24) is 9.97 Å². The number of benzene rings is 2. The van der Waals surface area contributed by atoms with Gasteiger partial charge in [0.25, 0.3) is 0 Å². The van der Waals surface area contributed by atoms with Gasteiger partial charge in [0.2, 0.25) is 11.9 Å². The summed E-state index contributed by atoms with van der Waals surface area (Å²) in [6.07, 6.45) is 2.62. The largest absolute Gasteiger partial charge is 0.435 e. The van der Waals surface area contributed by atoms with Crippen LogP contribution >= 0.6 is 15.9 Å². The summed E-state index contributed by atoms with van der Waals surface area (Å²) in [6, 6.07) is 11.5. The van der Waals surface area contributed by atoms with Gasteiger partial charge in [-0.05, 0) is 86.4 Å². The zero-order valence-corrected chi connectivity index (χ0v) is 24.6. The number of pyridine rings is 2. The maximum atomic E-state index is 13.3. The van der Waals surface area contributed by atoms with Gasteiger partial charge in [0.15, 0.2) is 0 Å². The van der Waals surface area contributed by atoms with E-state index in [0.717, 1.165) is 10.0 Å². The number of hydrogen-bond acceptors (Lipinski definition) is 5. The molecule has 0 fully saturated rings. The lowest BCUT2D eigenvalue weighted by Crippen LogP contribution is -2.05. The molecular formula is C30H28BrF6N3O2. The third-order valence-corrected chi connectivity index (χ3v) is 6.91. The lowest BCUT2D eigenvalue weighted by atomic mass is 9.94. The summed E-state index contributed by atoms with van der Waals surface area (Å²) in [7, 11) is 0. The molecule has 0 aliphatic heterocycles. The predicted molar refractivity (Wildman–Crippen MR) is 153 cm³/mol. The van der Waals surface area contributed by atoms with E-state index in [1.54, 1.807) is 18.2 Å². The second-order valence-corrected chi connectivity index (χ2v) is 10.4. The van der Waals surface area contributed by atoms with Crippen molar-refractivity contribution in [2.75, 3.05) is 5.73 Å². The van der Waals surface area contributed by atoms with Crippen LogP contribution in [0, 0.1) is 11.9 Å². The number of anilines is 1. The Labute approximate surface area is 247 Å². The first-order chi connectivity index (χ1) is 19.8. The molecule has 0 spiro atoms. The smallest absolute Gasteiger partial charge is 0.387 e. The van der Waals surface area contributed by atoms with Gasteiger partial charge in [0, 0.05) is 45.8 Å². The zero-order chi connectivity index (χ0) is 31.1. The third-order valence-electron chi connectivity index (χ3n) is 6.03. The van der Waals surface area contributed by atoms with Crippen molar-refractivity contribution in [2.24, 2.45) is 0 Å². The summed E-state index contributed by atoms with van der Waals surface area (Å²) in [5.74, 6) is -1.16. The summed E-state index contributed by atoms with van der Waals surface area (Å²) in [5.41, 5.74) is 9.99. The molecule has 0 saturated carbocycles. The van der Waals surface area contributed by atoms with E-state index in [0.29, 0.717) is 33.5 Å². The highest BCUT2D eigenvalue weighted by molar-refractivity contribution is 9.10. The van der Waals surface area contributed by atoms with E-state index in [1.807, 2.05) is 27.7 Å². The van der Waals surface area contributed by atoms with E-state index in [1.165, 1.54) is 42.7 Å². The van der Waals surface area contributed by atoms with Gasteiger partial charge in [-0.2, -0.15) is 26.3 Å². The summed E-state index contributed by atoms with van der Waals surface area (Å²) in [6.45, 7) is 1.79. The van der Waals surface area contributed by atoms with Crippen LogP contribution in [0.4, 0.5) is 32.0 Å². The molecule has 0 aliphatic rings. The average Bonchev–Trinajstić information content (AvgIpc) is 2.90. The molecule has 2 aromatic carbocycles. The van der Waals surface area contributed by atoms with Gasteiger partial charge in [-0.1, -0.05) is 27.7 Å². The number of hydrogen-bond donors (Lipinski definition) is 1. The van der Waals surface area contributed by atoms with Crippen LogP contribution in [0.1, 0.15) is 50.7 Å². The van der Waals surface area contributed by atoms with Crippen LogP contribution in [0.5, 0.6) is 11.5 Å². The summed E-state index contributed by atoms with van der Waals surface area (Å²) in [4.78, 5) is 6.95. The van der Waals surface area contributed by atoms with Gasteiger partial charge in [-0.25, -0.2) is 9.97 Å². The van der Waals surface area contributed by atoms with Crippen molar-refractivity contribution in [3.8, 4) is 33.8 Å². The van der Waals surface area contributed by atoms with Gasteiger partial charge in [0.05, 0.1) is 0 Å². The topological polar surface area (TPSA) is 70.3 Å². The van der Waals surface area contributed by atoms with Crippen LogP contribution in [-0.4, -0.2) is 23.2 Å². The maximum Gasteiger partial charge on any atom is 0.387 e. The molecule has 0 aliphatic carbocycles. The van der Waals surface area contributed by atoms with E-state index >= 15 is 0 Å². The molecule has 2 aromatic heterocycles. The predicted octanol–water partition coefficient (Wildman–Crippen LogP) is 9.57. The van der Waals surface area contributed by atoms with E-state index in [9.17, 15) is 26.3 Å². The molecule has 0 bridgehead atoms. The Hall–Kier alpha value is -3.80. The fourth-order valence-electron chi connectivity index (χ4n) is 4.10. The van der Waals surface area contributed by atoms with Crippen molar-refractivity contribution < 1.29 is 35.8 Å². The van der Waals surface area contributed by atoms with Gasteiger partial charge < -0.3 is 15.2 Å². The molecule has 0 radical (unpaired) electrons. The highest BCUT2D eigenvalue weighted by Gasteiger charge is 2.17. The third kappa shape index (κ3) is 8.60. The lowest BCUT2D eigenvalue weighted by Gasteiger charge is -2.17. The van der Waals surface area contributed by atoms with Crippen molar-refractivity contribution in [3.63, 3.8) is 0 Å². The first-order valence-electron chi connectivity index (χ1n) is 12.7. The molecule has 0 amide bonds. The lowest BCUT2D eigenvalue weighted by molar-refractivity contribution is -0.0505. The Morgan fingerprint density at radius 2 is 1.10 bits per heavy atom. The molecule has 2 N–H and O–H groups in total. The van der Waals surface area contributed by atoms with Gasteiger partial charge in [-0.3, -0.25) is 0 Å². The molecule has 0 saturated heterocycles. The number of rotatable bonds is 8. The molecule has 224 valence electrons. The van der Waals surface area contributed by atoms with Gasteiger partial charge in [0.1, 0.15) is 11.5 Å². The second kappa shape index (κ2) is 14.4. The van der Waals surface area contributed by atoms with E-state index < -0.39 is 25.1 Å². The van der Waals surface area contributed by atoms with Gasteiger partial charge in [-0.15, -0.1) is 0 Å². The Morgan fingerprint density at radius 1 is 0.667 bits per heavy atom. The molecule has 4 aromatic rings. The number of nitrogens with two attached hydrogens (primary N) is 1. The standard InChI is InChI=1S/C15H13BrF3NO.C15H15F3N2O/c1-8(2)11-6-10(21-15(18)19)7-12(14(11)16)9-3-4-20-13(17)5-9;1-8(2)11-6-10(21-15(17)18)7-12(14(11)19)9-3-4-20-13(16)5-9/h3-8,15H,1-2H3;3-8,15H,19H2,1-2H3. The Bertz CT molecular complexity index is 1410. The van der Waals surface area contributed by atoms with Crippen LogP contribution in [0.15, 0.2) is 65.4 Å². The summed E-state index contributed by atoms with van der Waals surface area (Å²) < 4.78 is 86.0. The second-order valence-electron chi connectivity index (χ2n) is 9.65. The SMILES string of the molecule is CC(C)c1cc(OC(F)F)cc(-c2ccnc(F)c2)c1Br.CC(C)c1cc(OC(F)F)cc(-c2ccnc(F)c2)c1N. The molecule has 5 nitrogen and oxygen atoms in total. The van der Waals surface area contributed by atoms with Crippen molar-refractivity contribution in [3.05, 3.63) is 88.4 Å². The van der Waals surface area contributed by atoms with Crippen molar-refractivity contribution >= 4 is 21.6 Å². The number of ether oxygens (including phenoxy) is 2. The Kier molecular flexibility index (Phi) is 11.2. The summed E-state index contributed by atoms with van der Waals surface area (Å²) >= 11 is 3.46. The Balaban J connectivity index is 0.000000230. The van der Waals surface area contributed by atoms with Crippen molar-refractivity contribution in [1.29, 1.82) is 0 Å². The van der Waals surface area contributed by atoms with Crippen molar-refractivity contribution in [2.45, 2.75) is 52.8 Å². The normalized spacial score (nSPS) is 11.2. The minimum atomic E-state index is -2.93. The van der Waals surface area contributed by atoms with Crippen LogP contribution < -0.4 is 15.2 Å². The van der Waals surface area contributed by atoms with Gasteiger partial charge >= 0.3 is 13.2 Å². The number of halogens is 7. The fraction of sp³-hybridized carbons (Fsp3) is 0.267. The molecule has 12 heteroatoms. The Morgan fingerprint density at radius 3 is 1.52 bits per heavy atom. The highest BCUT2D eigenvalue weighted by atomic mass is 79.9. The first-order valence-corrected chi connectivity index (χ1v) is 13.5. The molecule has 0 unspecified atom stereocenters. The number of nitrogens with zero attached hydrogens (tertiary/aromatic N) is 2. The first kappa shape index (κ1) is 32.7. The zero-order valence-electron chi connectivity index (χ0n) is 23.0. The fourth-order valence-corrected chi connectivity index (χ4v) is 5.01. The molecular weight excluding hydrogens is 628 g/mol. The van der Waals surface area contributed by atoms with E-state index in [2.05, 4.69) is 35.4 Å². The van der Waals surface area contributed by atoms with Crippen LogP contribution in [0.25, 0.3) is 22.3 Å². The molecule has 4 rings (SSSR count). The van der Waals surface area contributed by atoms with E-state index in [4.69, 9.17) is 5.73 Å². The van der Waals surface area contributed by atoms with E-state index in [-0.39, 0.29) is 23.3 Å². The van der Waals surface area contributed by atoms with Crippen LogP contribution in [-0.2, 0) is 0 Å². The molecule has 42 heavy (non-hydrogen) atoms. The van der Waals surface area contributed by atoms with Crippen LogP contribution in [0.2, 0.25) is 0 Å². The number of alkyl halides is 4. The monoisotopic (exact) mass is 655 g/mol. The highest BCUT2D eigenvalue weighted by Crippen LogP contribution is 2.39. The molecule has 2 heterocycles.